The Kier molecular flexibility index (Phi) is 5.15. The predicted molar refractivity (Wildman–Crippen MR) is 86.8 cm³/mol. The Labute approximate surface area is 128 Å². The van der Waals surface area contributed by atoms with Crippen LogP contribution in [0.25, 0.3) is 0 Å². The van der Waals surface area contributed by atoms with Gasteiger partial charge in [0.15, 0.2) is 0 Å². The average molecular weight is 299 g/mol. The van der Waals surface area contributed by atoms with Gasteiger partial charge in [0.25, 0.3) is 5.91 Å². The zero-order valence-electron chi connectivity index (χ0n) is 12.0. The molecule has 2 aromatic rings. The van der Waals surface area contributed by atoms with Crippen LogP contribution in [0.4, 0.5) is 5.69 Å². The minimum atomic E-state index is -0.179. The number of anilines is 1. The van der Waals surface area contributed by atoms with Crippen LogP contribution in [-0.2, 0) is 0 Å². The van der Waals surface area contributed by atoms with Crippen molar-refractivity contribution in [2.45, 2.75) is 19.8 Å². The van der Waals surface area contributed by atoms with Gasteiger partial charge < -0.3 is 10.4 Å². The molecule has 0 saturated heterocycles. The average Bonchev–Trinajstić information content (AvgIpc) is 2.94. The van der Waals surface area contributed by atoms with E-state index >= 15 is 0 Å². The number of aliphatic hydroxyl groups excluding tert-OH is 1. The van der Waals surface area contributed by atoms with E-state index in [0.29, 0.717) is 11.5 Å². The topological polar surface area (TPSA) is 49.3 Å². The van der Waals surface area contributed by atoms with Gasteiger partial charge in [-0.25, -0.2) is 0 Å². The number of thiophene rings is 1. The number of carbonyl (C=O) groups excluding carboxylic acids is 1. The number of aliphatic hydroxyl groups is 1. The van der Waals surface area contributed by atoms with Gasteiger partial charge in [-0.05, 0) is 29.7 Å². The second-order valence-electron chi connectivity index (χ2n) is 4.89. The van der Waals surface area contributed by atoms with Crippen LogP contribution in [-0.4, -0.2) is 17.6 Å². The molecule has 1 aromatic carbocycles. The van der Waals surface area contributed by atoms with E-state index in [4.69, 9.17) is 5.11 Å². The molecule has 3 nitrogen and oxygen atoms in total. The van der Waals surface area contributed by atoms with Crippen molar-refractivity contribution in [3.8, 4) is 11.8 Å². The van der Waals surface area contributed by atoms with Crippen LogP contribution in [0.2, 0.25) is 0 Å². The summed E-state index contributed by atoms with van der Waals surface area (Å²) in [6, 6.07) is 9.59. The molecule has 0 bridgehead atoms. The highest BCUT2D eigenvalue weighted by Gasteiger charge is 2.09. The second kappa shape index (κ2) is 7.07. The van der Waals surface area contributed by atoms with Gasteiger partial charge in [-0.1, -0.05) is 37.8 Å². The van der Waals surface area contributed by atoms with Crippen molar-refractivity contribution >= 4 is 22.9 Å². The van der Waals surface area contributed by atoms with Crippen LogP contribution in [0, 0.1) is 11.8 Å². The van der Waals surface area contributed by atoms with E-state index in [0.717, 1.165) is 10.6 Å². The summed E-state index contributed by atoms with van der Waals surface area (Å²) in [7, 11) is 0. The molecule has 21 heavy (non-hydrogen) atoms. The maximum Gasteiger partial charge on any atom is 0.256 e. The molecule has 108 valence electrons. The van der Waals surface area contributed by atoms with Gasteiger partial charge in [0, 0.05) is 11.1 Å². The number of benzene rings is 1. The molecule has 0 atom stereocenters. The largest absolute Gasteiger partial charge is 0.384 e. The Hall–Kier alpha value is -2.09. The maximum atomic E-state index is 12.2. The molecule has 0 radical (unpaired) electrons. The number of nitrogens with one attached hydrogen (secondary N) is 1. The van der Waals surface area contributed by atoms with Crippen LogP contribution in [0.5, 0.6) is 0 Å². The first-order valence-corrected chi connectivity index (χ1v) is 7.57. The molecule has 1 heterocycles. The van der Waals surface area contributed by atoms with E-state index in [1.165, 1.54) is 16.9 Å². The van der Waals surface area contributed by atoms with Gasteiger partial charge in [0.05, 0.1) is 10.4 Å². The van der Waals surface area contributed by atoms with E-state index in [2.05, 4.69) is 31.0 Å². The lowest BCUT2D eigenvalue weighted by molar-refractivity contribution is 0.102. The lowest BCUT2D eigenvalue weighted by Crippen LogP contribution is -2.11. The van der Waals surface area contributed by atoms with Crippen molar-refractivity contribution in [3.05, 3.63) is 51.7 Å². The molecule has 0 spiro atoms. The molecule has 1 aromatic heterocycles. The monoisotopic (exact) mass is 299 g/mol. The zero-order chi connectivity index (χ0) is 15.2. The van der Waals surface area contributed by atoms with E-state index in [-0.39, 0.29) is 12.5 Å². The lowest BCUT2D eigenvalue weighted by Gasteiger charge is -2.08. The predicted octanol–water partition coefficient (Wildman–Crippen LogP) is 3.47. The molecule has 0 saturated carbocycles. The van der Waals surface area contributed by atoms with Crippen molar-refractivity contribution in [3.63, 3.8) is 0 Å². The van der Waals surface area contributed by atoms with Crippen LogP contribution in [0.15, 0.2) is 35.7 Å². The van der Waals surface area contributed by atoms with Crippen LogP contribution >= 0.6 is 11.3 Å². The molecule has 1 amide bonds. The van der Waals surface area contributed by atoms with Crippen molar-refractivity contribution in [2.24, 2.45) is 0 Å². The molecule has 0 fully saturated rings. The summed E-state index contributed by atoms with van der Waals surface area (Å²) in [6.07, 6.45) is 0. The first-order valence-electron chi connectivity index (χ1n) is 6.69. The maximum absolute atomic E-state index is 12.2. The van der Waals surface area contributed by atoms with E-state index in [1.54, 1.807) is 11.4 Å². The number of rotatable bonds is 3. The zero-order valence-corrected chi connectivity index (χ0v) is 12.8. The van der Waals surface area contributed by atoms with Crippen molar-refractivity contribution in [2.75, 3.05) is 11.9 Å². The van der Waals surface area contributed by atoms with E-state index in [9.17, 15) is 4.79 Å². The fourth-order valence-corrected chi connectivity index (χ4v) is 2.58. The second-order valence-corrected chi connectivity index (χ2v) is 5.81. The summed E-state index contributed by atoms with van der Waals surface area (Å²) >= 11 is 1.39. The third kappa shape index (κ3) is 4.19. The summed E-state index contributed by atoms with van der Waals surface area (Å²) < 4.78 is 0. The smallest absolute Gasteiger partial charge is 0.256 e. The highest BCUT2D eigenvalue weighted by atomic mass is 32.1. The Morgan fingerprint density at radius 1 is 1.38 bits per heavy atom. The van der Waals surface area contributed by atoms with Crippen LogP contribution in [0.1, 0.15) is 40.6 Å². The number of amides is 1. The molecule has 0 aliphatic heterocycles. The third-order valence-electron chi connectivity index (χ3n) is 2.96. The summed E-state index contributed by atoms with van der Waals surface area (Å²) in [5.41, 5.74) is 2.56. The SMILES string of the molecule is CC(C)c1cccc(NC(=O)c2csc(C#CCO)c2)c1. The van der Waals surface area contributed by atoms with E-state index in [1.807, 2.05) is 24.3 Å². The number of hydrogen-bond donors (Lipinski definition) is 2. The fourth-order valence-electron chi connectivity index (χ4n) is 1.83. The third-order valence-corrected chi connectivity index (χ3v) is 3.81. The number of hydrogen-bond acceptors (Lipinski definition) is 3. The van der Waals surface area contributed by atoms with Gasteiger partial charge >= 0.3 is 0 Å². The molecular weight excluding hydrogens is 282 g/mol. The van der Waals surface area contributed by atoms with Gasteiger partial charge in [0.2, 0.25) is 0 Å². The molecule has 2 rings (SSSR count). The van der Waals surface area contributed by atoms with Gasteiger partial charge in [-0.15, -0.1) is 11.3 Å². The fraction of sp³-hybridized carbons (Fsp3) is 0.235. The van der Waals surface area contributed by atoms with Gasteiger partial charge in [-0.2, -0.15) is 0 Å². The summed E-state index contributed by atoms with van der Waals surface area (Å²) in [5, 5.41) is 13.3. The van der Waals surface area contributed by atoms with Crippen LogP contribution < -0.4 is 5.32 Å². The number of carbonyl (C=O) groups is 1. The highest BCUT2D eigenvalue weighted by molar-refractivity contribution is 7.10. The van der Waals surface area contributed by atoms with Crippen molar-refractivity contribution in [1.82, 2.24) is 0 Å². The Morgan fingerprint density at radius 3 is 2.90 bits per heavy atom. The van der Waals surface area contributed by atoms with Crippen molar-refractivity contribution < 1.29 is 9.90 Å². The van der Waals surface area contributed by atoms with Gasteiger partial charge in [0.1, 0.15) is 6.61 Å². The Balaban J connectivity index is 2.11. The molecule has 0 unspecified atom stereocenters. The summed E-state index contributed by atoms with van der Waals surface area (Å²) in [6.45, 7) is 4.05. The Bertz CT molecular complexity index is 692. The minimum Gasteiger partial charge on any atom is -0.384 e. The molecule has 0 aliphatic rings. The van der Waals surface area contributed by atoms with Crippen molar-refractivity contribution in [1.29, 1.82) is 0 Å². The first kappa shape index (κ1) is 15.3. The summed E-state index contributed by atoms with van der Waals surface area (Å²) in [4.78, 5) is 12.9. The lowest BCUT2D eigenvalue weighted by atomic mass is 10.0. The standard InChI is InChI=1S/C17H17NO2S/c1-12(2)13-5-3-6-15(9-13)18-17(20)14-10-16(21-11-14)7-4-8-19/h3,5-6,9-12,19H,8H2,1-2H3,(H,18,20). The quantitative estimate of drug-likeness (QED) is 0.853. The van der Waals surface area contributed by atoms with E-state index < -0.39 is 0 Å². The van der Waals surface area contributed by atoms with Gasteiger partial charge in [-0.3, -0.25) is 4.79 Å². The summed E-state index contributed by atoms with van der Waals surface area (Å²) in [5.74, 6) is 5.64. The molecule has 2 N–H and O–H groups in total. The van der Waals surface area contributed by atoms with Crippen LogP contribution in [0.3, 0.4) is 0 Å². The molecular formula is C17H17NO2S. The Morgan fingerprint density at radius 2 is 2.19 bits per heavy atom. The first-order chi connectivity index (χ1) is 10.1. The normalized spacial score (nSPS) is 10.1. The highest BCUT2D eigenvalue weighted by Crippen LogP contribution is 2.20. The molecule has 0 aliphatic carbocycles. The molecule has 4 heteroatoms. The minimum absolute atomic E-state index is 0.149.